The van der Waals surface area contributed by atoms with Gasteiger partial charge in [-0.05, 0) is 30.9 Å². The van der Waals surface area contributed by atoms with Crippen LogP contribution >= 0.6 is 0 Å². The van der Waals surface area contributed by atoms with Gasteiger partial charge in [-0.25, -0.2) is 18.1 Å². The first-order valence-electron chi connectivity index (χ1n) is 6.21. The summed E-state index contributed by atoms with van der Waals surface area (Å²) in [5.74, 6) is 0.899. The molecule has 18 heavy (non-hydrogen) atoms. The normalized spacial score (nSPS) is 24.9. The van der Waals surface area contributed by atoms with Crippen molar-refractivity contribution in [1.82, 2.24) is 9.71 Å². The minimum atomic E-state index is -3.47. The third-order valence-electron chi connectivity index (χ3n) is 3.33. The van der Waals surface area contributed by atoms with E-state index < -0.39 is 10.0 Å². The molecule has 0 aromatic carbocycles. The minimum Gasteiger partial charge on any atom is -0.384 e. The molecule has 1 aliphatic rings. The molecule has 5 nitrogen and oxygen atoms in total. The Hall–Kier alpha value is -1.14. The van der Waals surface area contributed by atoms with Crippen LogP contribution in [0.5, 0.6) is 0 Å². The Morgan fingerprint density at radius 3 is 2.78 bits per heavy atom. The SMILES string of the molecule is CC1CCCC(NS(=O)(=O)c2ccc(N)nc2)C1. The van der Waals surface area contributed by atoms with E-state index in [0.717, 1.165) is 19.3 Å². The Morgan fingerprint density at radius 1 is 1.39 bits per heavy atom. The zero-order valence-corrected chi connectivity index (χ0v) is 11.3. The van der Waals surface area contributed by atoms with Crippen LogP contribution in [0.3, 0.4) is 0 Å². The number of hydrogen-bond donors (Lipinski definition) is 2. The predicted molar refractivity (Wildman–Crippen MR) is 70.4 cm³/mol. The van der Waals surface area contributed by atoms with E-state index in [2.05, 4.69) is 16.6 Å². The summed E-state index contributed by atoms with van der Waals surface area (Å²) in [6, 6.07) is 3.02. The van der Waals surface area contributed by atoms with Crippen LogP contribution in [-0.2, 0) is 10.0 Å². The quantitative estimate of drug-likeness (QED) is 0.871. The largest absolute Gasteiger partial charge is 0.384 e. The monoisotopic (exact) mass is 269 g/mol. The van der Waals surface area contributed by atoms with Crippen LogP contribution in [-0.4, -0.2) is 19.4 Å². The maximum atomic E-state index is 12.1. The van der Waals surface area contributed by atoms with Gasteiger partial charge in [-0.1, -0.05) is 19.8 Å². The molecule has 2 atom stereocenters. The molecule has 0 bridgehead atoms. The van der Waals surface area contributed by atoms with Gasteiger partial charge in [0, 0.05) is 12.2 Å². The molecule has 6 heteroatoms. The summed E-state index contributed by atoms with van der Waals surface area (Å²) in [4.78, 5) is 3.99. The fraction of sp³-hybridized carbons (Fsp3) is 0.583. The van der Waals surface area contributed by atoms with Crippen molar-refractivity contribution < 1.29 is 8.42 Å². The predicted octanol–water partition coefficient (Wildman–Crippen LogP) is 1.52. The van der Waals surface area contributed by atoms with Crippen molar-refractivity contribution in [3.05, 3.63) is 18.3 Å². The second-order valence-corrected chi connectivity index (χ2v) is 6.72. The maximum Gasteiger partial charge on any atom is 0.242 e. The first-order valence-corrected chi connectivity index (χ1v) is 7.69. The Morgan fingerprint density at radius 2 is 2.17 bits per heavy atom. The third kappa shape index (κ3) is 3.20. The topological polar surface area (TPSA) is 85.1 Å². The average Bonchev–Trinajstić information content (AvgIpc) is 2.29. The smallest absolute Gasteiger partial charge is 0.242 e. The molecule has 0 radical (unpaired) electrons. The van der Waals surface area contributed by atoms with E-state index in [4.69, 9.17) is 5.73 Å². The average molecular weight is 269 g/mol. The number of nitrogen functional groups attached to an aromatic ring is 1. The van der Waals surface area contributed by atoms with Crippen molar-refractivity contribution in [3.8, 4) is 0 Å². The Labute approximate surface area is 108 Å². The number of nitrogens with two attached hydrogens (primary N) is 1. The summed E-state index contributed by atoms with van der Waals surface area (Å²) in [7, 11) is -3.47. The fourth-order valence-corrected chi connectivity index (χ4v) is 3.61. The standard InChI is InChI=1S/C12H19N3O2S/c1-9-3-2-4-10(7-9)15-18(16,17)11-5-6-12(13)14-8-11/h5-6,8-10,15H,2-4,7H2,1H3,(H2,13,14). The minimum absolute atomic E-state index is 0.0382. The molecule has 3 N–H and O–H groups in total. The lowest BCUT2D eigenvalue weighted by Gasteiger charge is -2.27. The lowest BCUT2D eigenvalue weighted by atomic mass is 9.88. The summed E-state index contributed by atoms with van der Waals surface area (Å²) in [6.07, 6.45) is 5.37. The molecular weight excluding hydrogens is 250 g/mol. The maximum absolute atomic E-state index is 12.1. The van der Waals surface area contributed by atoms with Crippen LogP contribution in [0.25, 0.3) is 0 Å². The molecule has 0 amide bonds. The van der Waals surface area contributed by atoms with Crippen molar-refractivity contribution in [3.63, 3.8) is 0 Å². The van der Waals surface area contributed by atoms with Crippen LogP contribution in [0.4, 0.5) is 5.82 Å². The fourth-order valence-electron chi connectivity index (χ4n) is 2.38. The molecule has 2 unspecified atom stereocenters. The summed E-state index contributed by atoms with van der Waals surface area (Å²) < 4.78 is 27.0. The van der Waals surface area contributed by atoms with Gasteiger partial charge < -0.3 is 5.73 Å². The highest BCUT2D eigenvalue weighted by atomic mass is 32.2. The lowest BCUT2D eigenvalue weighted by Crippen LogP contribution is -2.37. The summed E-state index contributed by atoms with van der Waals surface area (Å²) >= 11 is 0. The van der Waals surface area contributed by atoms with Gasteiger partial charge in [-0.2, -0.15) is 0 Å². The number of hydrogen-bond acceptors (Lipinski definition) is 4. The van der Waals surface area contributed by atoms with E-state index in [1.165, 1.54) is 24.8 Å². The molecule has 1 aromatic heterocycles. The van der Waals surface area contributed by atoms with Crippen molar-refractivity contribution in [1.29, 1.82) is 0 Å². The van der Waals surface area contributed by atoms with Gasteiger partial charge in [-0.3, -0.25) is 0 Å². The van der Waals surface area contributed by atoms with Gasteiger partial charge in [0.1, 0.15) is 10.7 Å². The van der Waals surface area contributed by atoms with Gasteiger partial charge in [0.05, 0.1) is 0 Å². The van der Waals surface area contributed by atoms with E-state index in [-0.39, 0.29) is 10.9 Å². The molecule has 100 valence electrons. The molecule has 1 aromatic rings. The van der Waals surface area contributed by atoms with Crippen molar-refractivity contribution in [2.45, 2.75) is 43.5 Å². The molecular formula is C12H19N3O2S. The Bertz CT molecular complexity index is 499. The highest BCUT2D eigenvalue weighted by molar-refractivity contribution is 7.89. The second-order valence-electron chi connectivity index (χ2n) is 5.01. The van der Waals surface area contributed by atoms with Crippen LogP contribution in [0.1, 0.15) is 32.6 Å². The number of nitrogens with zero attached hydrogens (tertiary/aromatic N) is 1. The number of sulfonamides is 1. The van der Waals surface area contributed by atoms with E-state index in [1.807, 2.05) is 0 Å². The highest BCUT2D eigenvalue weighted by Gasteiger charge is 2.24. The van der Waals surface area contributed by atoms with E-state index in [0.29, 0.717) is 11.7 Å². The summed E-state index contributed by atoms with van der Waals surface area (Å²) in [6.45, 7) is 2.16. The number of anilines is 1. The summed E-state index contributed by atoms with van der Waals surface area (Å²) in [5.41, 5.74) is 5.45. The Kier molecular flexibility index (Phi) is 3.87. The number of pyridine rings is 1. The first kappa shape index (κ1) is 13.3. The number of nitrogens with one attached hydrogen (secondary N) is 1. The van der Waals surface area contributed by atoms with Gasteiger partial charge >= 0.3 is 0 Å². The van der Waals surface area contributed by atoms with Crippen molar-refractivity contribution >= 4 is 15.8 Å². The molecule has 1 saturated carbocycles. The van der Waals surface area contributed by atoms with Crippen LogP contribution in [0.2, 0.25) is 0 Å². The number of aromatic nitrogens is 1. The Balaban J connectivity index is 2.09. The van der Waals surface area contributed by atoms with Gasteiger partial charge in [0.2, 0.25) is 10.0 Å². The molecule has 1 heterocycles. The van der Waals surface area contributed by atoms with Crippen molar-refractivity contribution in [2.75, 3.05) is 5.73 Å². The van der Waals surface area contributed by atoms with Crippen LogP contribution in [0, 0.1) is 5.92 Å². The molecule has 1 fully saturated rings. The molecule has 0 saturated heterocycles. The zero-order chi connectivity index (χ0) is 13.2. The molecule has 0 spiro atoms. The van der Waals surface area contributed by atoms with Crippen molar-refractivity contribution in [2.24, 2.45) is 5.92 Å². The first-order chi connectivity index (χ1) is 8.47. The lowest BCUT2D eigenvalue weighted by molar-refractivity contribution is 0.327. The third-order valence-corrected chi connectivity index (χ3v) is 4.83. The van der Waals surface area contributed by atoms with Gasteiger partial charge in [0.15, 0.2) is 0 Å². The molecule has 0 aliphatic heterocycles. The zero-order valence-electron chi connectivity index (χ0n) is 10.5. The van der Waals surface area contributed by atoms with E-state index in [9.17, 15) is 8.42 Å². The van der Waals surface area contributed by atoms with Gasteiger partial charge in [-0.15, -0.1) is 0 Å². The second kappa shape index (κ2) is 5.24. The summed E-state index contributed by atoms with van der Waals surface area (Å²) in [5, 5.41) is 0. The number of rotatable bonds is 3. The van der Waals surface area contributed by atoms with E-state index >= 15 is 0 Å². The van der Waals surface area contributed by atoms with Crippen LogP contribution in [0.15, 0.2) is 23.2 Å². The van der Waals surface area contributed by atoms with E-state index in [1.54, 1.807) is 0 Å². The molecule has 1 aliphatic carbocycles. The molecule has 2 rings (SSSR count). The van der Waals surface area contributed by atoms with Crippen LogP contribution < -0.4 is 10.5 Å². The van der Waals surface area contributed by atoms with Gasteiger partial charge in [0.25, 0.3) is 0 Å². The highest BCUT2D eigenvalue weighted by Crippen LogP contribution is 2.24.